The molecule has 0 atom stereocenters. The van der Waals surface area contributed by atoms with Gasteiger partial charge < -0.3 is 22.1 Å². The Morgan fingerprint density at radius 1 is 1.00 bits per heavy atom. The summed E-state index contributed by atoms with van der Waals surface area (Å²) in [5.74, 6) is -1.40. The lowest BCUT2D eigenvalue weighted by atomic mass is 10.4. The van der Waals surface area contributed by atoms with Gasteiger partial charge in [0.2, 0.25) is 17.7 Å². The molecule has 0 aliphatic heterocycles. The quantitative estimate of drug-likeness (QED) is 0.367. The molecule has 0 bridgehead atoms. The first-order chi connectivity index (χ1) is 6.56. The molecule has 0 aliphatic carbocycles. The van der Waals surface area contributed by atoms with Gasteiger partial charge in [0.25, 0.3) is 0 Å². The summed E-state index contributed by atoms with van der Waals surface area (Å²) in [6.45, 7) is -0.174. The molecule has 0 fully saturated rings. The van der Waals surface area contributed by atoms with E-state index in [0.717, 1.165) is 0 Å². The van der Waals surface area contributed by atoms with E-state index in [1.807, 2.05) is 0 Å². The molecule has 0 spiro atoms. The van der Waals surface area contributed by atoms with Crippen molar-refractivity contribution >= 4 is 17.7 Å². The second-order valence-electron chi connectivity index (χ2n) is 2.56. The highest BCUT2D eigenvalue weighted by Crippen LogP contribution is 1.73. The van der Waals surface area contributed by atoms with Gasteiger partial charge in [0.1, 0.15) is 0 Å². The summed E-state index contributed by atoms with van der Waals surface area (Å²) in [6.07, 6.45) is 0.170. The van der Waals surface area contributed by atoms with Gasteiger partial charge in [-0.25, -0.2) is 0 Å². The maximum absolute atomic E-state index is 10.9. The number of hydrogen-bond acceptors (Lipinski definition) is 4. The number of primary amides is 1. The summed E-state index contributed by atoms with van der Waals surface area (Å²) < 4.78 is 0. The van der Waals surface area contributed by atoms with Crippen LogP contribution in [0, 0.1) is 0 Å². The monoisotopic (exact) mass is 202 g/mol. The van der Waals surface area contributed by atoms with E-state index in [1.54, 1.807) is 0 Å². The van der Waals surface area contributed by atoms with E-state index in [0.29, 0.717) is 0 Å². The lowest BCUT2D eigenvalue weighted by Crippen LogP contribution is -2.40. The molecule has 14 heavy (non-hydrogen) atoms. The Balaban J connectivity index is 3.53. The van der Waals surface area contributed by atoms with Crippen molar-refractivity contribution in [3.05, 3.63) is 0 Å². The summed E-state index contributed by atoms with van der Waals surface area (Å²) >= 11 is 0. The second kappa shape index (κ2) is 6.84. The number of carbonyl (C=O) groups excluding carboxylic acids is 3. The molecule has 7 nitrogen and oxygen atoms in total. The summed E-state index contributed by atoms with van der Waals surface area (Å²) in [7, 11) is 0. The number of rotatable bonds is 6. The van der Waals surface area contributed by atoms with Crippen LogP contribution in [-0.4, -0.2) is 37.4 Å². The standard InChI is InChI=1S/C7H14N4O3/c8-2-1-6(13)11-4-7(14)10-3-5(9)12/h1-4,8H2,(H2,9,12)(H,10,14)(H,11,13). The van der Waals surface area contributed by atoms with Gasteiger partial charge >= 0.3 is 0 Å². The maximum Gasteiger partial charge on any atom is 0.239 e. The Labute approximate surface area is 81.2 Å². The molecular weight excluding hydrogens is 188 g/mol. The highest BCUT2D eigenvalue weighted by molar-refractivity contribution is 5.87. The van der Waals surface area contributed by atoms with Crippen molar-refractivity contribution in [2.75, 3.05) is 19.6 Å². The Morgan fingerprint density at radius 3 is 2.07 bits per heavy atom. The highest BCUT2D eigenvalue weighted by Gasteiger charge is 2.04. The van der Waals surface area contributed by atoms with Gasteiger partial charge in [0.05, 0.1) is 13.1 Å². The van der Waals surface area contributed by atoms with Crippen LogP contribution in [0.2, 0.25) is 0 Å². The average Bonchev–Trinajstić information content (AvgIpc) is 2.12. The van der Waals surface area contributed by atoms with Crippen LogP contribution in [-0.2, 0) is 14.4 Å². The molecule has 0 unspecified atom stereocenters. The van der Waals surface area contributed by atoms with Crippen molar-refractivity contribution in [1.82, 2.24) is 10.6 Å². The molecule has 0 heterocycles. The van der Waals surface area contributed by atoms with E-state index in [9.17, 15) is 14.4 Å². The molecule has 80 valence electrons. The molecule has 0 aromatic heterocycles. The molecule has 0 aromatic carbocycles. The number of nitrogens with two attached hydrogens (primary N) is 2. The van der Waals surface area contributed by atoms with Gasteiger partial charge in [-0.05, 0) is 0 Å². The van der Waals surface area contributed by atoms with Crippen LogP contribution in [0.15, 0.2) is 0 Å². The van der Waals surface area contributed by atoms with Crippen LogP contribution in [0.5, 0.6) is 0 Å². The van der Waals surface area contributed by atoms with E-state index < -0.39 is 11.8 Å². The van der Waals surface area contributed by atoms with Crippen LogP contribution in [0.3, 0.4) is 0 Å². The zero-order chi connectivity index (χ0) is 11.0. The summed E-state index contributed by atoms with van der Waals surface area (Å²) in [4.78, 5) is 32.0. The van der Waals surface area contributed by atoms with Crippen LogP contribution in [0.25, 0.3) is 0 Å². The van der Waals surface area contributed by atoms with Crippen molar-refractivity contribution in [1.29, 1.82) is 0 Å². The minimum Gasteiger partial charge on any atom is -0.368 e. The number of carbonyl (C=O) groups is 3. The molecule has 0 saturated heterocycles. The molecule has 3 amide bonds. The van der Waals surface area contributed by atoms with Gasteiger partial charge in [-0.3, -0.25) is 14.4 Å². The van der Waals surface area contributed by atoms with Gasteiger partial charge in [0.15, 0.2) is 0 Å². The predicted molar refractivity (Wildman–Crippen MR) is 48.9 cm³/mol. The minimum absolute atomic E-state index is 0.170. The van der Waals surface area contributed by atoms with Crippen molar-refractivity contribution in [3.8, 4) is 0 Å². The molecule has 0 aliphatic rings. The third-order valence-corrected chi connectivity index (χ3v) is 1.28. The Hall–Kier alpha value is -1.63. The fourth-order valence-electron chi connectivity index (χ4n) is 0.647. The topological polar surface area (TPSA) is 127 Å². The second-order valence-corrected chi connectivity index (χ2v) is 2.56. The third kappa shape index (κ3) is 7.04. The normalized spacial score (nSPS) is 9.21. The Kier molecular flexibility index (Phi) is 6.04. The van der Waals surface area contributed by atoms with Gasteiger partial charge in [-0.1, -0.05) is 0 Å². The first-order valence-corrected chi connectivity index (χ1v) is 4.08. The molecule has 7 heteroatoms. The van der Waals surface area contributed by atoms with E-state index in [4.69, 9.17) is 11.5 Å². The molecule has 0 aromatic rings. The third-order valence-electron chi connectivity index (χ3n) is 1.28. The fraction of sp³-hybridized carbons (Fsp3) is 0.571. The number of nitrogens with one attached hydrogen (secondary N) is 2. The zero-order valence-electron chi connectivity index (χ0n) is 7.71. The SMILES string of the molecule is NCCC(=O)NCC(=O)NCC(N)=O. The first-order valence-electron chi connectivity index (χ1n) is 4.08. The zero-order valence-corrected chi connectivity index (χ0v) is 7.71. The smallest absolute Gasteiger partial charge is 0.239 e. The highest BCUT2D eigenvalue weighted by atomic mass is 16.2. The number of hydrogen-bond donors (Lipinski definition) is 4. The van der Waals surface area contributed by atoms with E-state index in [1.165, 1.54) is 0 Å². The van der Waals surface area contributed by atoms with Crippen LogP contribution < -0.4 is 22.1 Å². The molecule has 0 radical (unpaired) electrons. The van der Waals surface area contributed by atoms with Gasteiger partial charge in [0, 0.05) is 13.0 Å². The maximum atomic E-state index is 10.9. The van der Waals surface area contributed by atoms with Crippen LogP contribution in [0.1, 0.15) is 6.42 Å². The minimum atomic E-state index is -0.633. The molecule has 0 rings (SSSR count). The Bertz CT molecular complexity index is 229. The van der Waals surface area contributed by atoms with Gasteiger partial charge in [-0.2, -0.15) is 0 Å². The van der Waals surface area contributed by atoms with Crippen molar-refractivity contribution in [2.24, 2.45) is 11.5 Å². The summed E-state index contributed by atoms with van der Waals surface area (Å²) in [5.41, 5.74) is 9.90. The van der Waals surface area contributed by atoms with E-state index in [2.05, 4.69) is 10.6 Å². The average molecular weight is 202 g/mol. The molecule has 0 saturated carbocycles. The predicted octanol–water partition coefficient (Wildman–Crippen LogP) is -2.95. The molecular formula is C7H14N4O3. The van der Waals surface area contributed by atoms with Gasteiger partial charge in [-0.15, -0.1) is 0 Å². The lowest BCUT2D eigenvalue weighted by Gasteiger charge is -2.04. The van der Waals surface area contributed by atoms with Crippen molar-refractivity contribution in [2.45, 2.75) is 6.42 Å². The van der Waals surface area contributed by atoms with Crippen LogP contribution >= 0.6 is 0 Å². The Morgan fingerprint density at radius 2 is 1.57 bits per heavy atom. The van der Waals surface area contributed by atoms with E-state index >= 15 is 0 Å². The summed E-state index contributed by atoms with van der Waals surface area (Å²) in [5, 5.41) is 4.54. The lowest BCUT2D eigenvalue weighted by molar-refractivity contribution is -0.127. The summed E-state index contributed by atoms with van der Waals surface area (Å²) in [6, 6.07) is 0. The fourth-order valence-corrected chi connectivity index (χ4v) is 0.647. The van der Waals surface area contributed by atoms with Crippen molar-refractivity contribution in [3.63, 3.8) is 0 Å². The first kappa shape index (κ1) is 12.4. The van der Waals surface area contributed by atoms with Crippen molar-refractivity contribution < 1.29 is 14.4 Å². The number of amides is 3. The van der Waals surface area contributed by atoms with Crippen LogP contribution in [0.4, 0.5) is 0 Å². The van der Waals surface area contributed by atoms with E-state index in [-0.39, 0.29) is 32.0 Å². The largest absolute Gasteiger partial charge is 0.368 e. The molecule has 6 N–H and O–H groups in total.